The molecule has 0 radical (unpaired) electrons. The molecule has 2 heterocycles. The summed E-state index contributed by atoms with van der Waals surface area (Å²) in [5.74, 6) is -0.453. The molecule has 4 N–H and O–H groups in total. The minimum absolute atomic E-state index is 0.347. The van der Waals surface area contributed by atoms with Crippen molar-refractivity contribution in [3.8, 4) is 17.0 Å². The fourth-order valence-corrected chi connectivity index (χ4v) is 5.60. The summed E-state index contributed by atoms with van der Waals surface area (Å²) in [5, 5.41) is 21.4. The van der Waals surface area contributed by atoms with E-state index in [1.807, 2.05) is 59.8 Å². The number of amides is 3. The number of aliphatic hydroxyl groups is 2. The maximum absolute atomic E-state index is 14.9. The highest BCUT2D eigenvalue weighted by atomic mass is 127. The molecule has 5 rings (SSSR count). The number of benzene rings is 3. The van der Waals surface area contributed by atoms with Crippen molar-refractivity contribution in [3.63, 3.8) is 0 Å². The number of halogens is 2. The number of H-pyrrole nitrogens is 1. The van der Waals surface area contributed by atoms with Crippen molar-refractivity contribution in [1.29, 1.82) is 0 Å². The number of imidazole rings is 1. The number of carbonyl (C=O) groups is 2. The van der Waals surface area contributed by atoms with E-state index in [0.29, 0.717) is 34.1 Å². The van der Waals surface area contributed by atoms with Gasteiger partial charge < -0.3 is 25.3 Å². The van der Waals surface area contributed by atoms with Gasteiger partial charge >= 0.3 is 6.03 Å². The summed E-state index contributed by atoms with van der Waals surface area (Å²) in [4.78, 5) is 36.5. The van der Waals surface area contributed by atoms with Crippen LogP contribution in [-0.2, 0) is 4.79 Å². The quantitative estimate of drug-likeness (QED) is 0.138. The normalized spacial score (nSPS) is 16.5. The minimum atomic E-state index is -0.951. The third-order valence-electron chi connectivity index (χ3n) is 7.36. The Morgan fingerprint density at radius 2 is 1.74 bits per heavy atom. The average Bonchev–Trinajstić information content (AvgIpc) is 3.51. The first-order valence-corrected chi connectivity index (χ1v) is 14.5. The summed E-state index contributed by atoms with van der Waals surface area (Å²) in [6.45, 7) is 2.97. The number of aromatic nitrogens is 2. The van der Waals surface area contributed by atoms with Crippen LogP contribution in [0, 0.1) is 16.3 Å². The number of urea groups is 1. The molecule has 0 spiro atoms. The first-order valence-electron chi connectivity index (χ1n) is 13.4. The van der Waals surface area contributed by atoms with Gasteiger partial charge in [0.05, 0.1) is 24.6 Å². The fraction of sp³-hybridized carbons (Fsp3) is 0.258. The van der Waals surface area contributed by atoms with E-state index in [0.717, 1.165) is 9.13 Å². The molecule has 1 fully saturated rings. The van der Waals surface area contributed by atoms with Gasteiger partial charge in [-0.25, -0.2) is 14.2 Å². The molecule has 218 valence electrons. The van der Waals surface area contributed by atoms with Crippen LogP contribution >= 0.6 is 22.6 Å². The Morgan fingerprint density at radius 1 is 1.05 bits per heavy atom. The van der Waals surface area contributed by atoms with Crippen LogP contribution in [0.5, 0.6) is 5.75 Å². The number of nitrogens with one attached hydrogen (secondary N) is 2. The molecule has 42 heavy (non-hydrogen) atoms. The first-order chi connectivity index (χ1) is 20.2. The third-order valence-corrected chi connectivity index (χ3v) is 8.03. The molecule has 9 nitrogen and oxygen atoms in total. The second-order valence-electron chi connectivity index (χ2n) is 10.1. The van der Waals surface area contributed by atoms with E-state index in [1.165, 1.54) is 11.0 Å². The lowest BCUT2D eigenvalue weighted by atomic mass is 9.91. The van der Waals surface area contributed by atoms with Gasteiger partial charge in [-0.1, -0.05) is 49.4 Å². The van der Waals surface area contributed by atoms with E-state index >= 15 is 0 Å². The molecule has 3 amide bonds. The van der Waals surface area contributed by atoms with Gasteiger partial charge in [0.2, 0.25) is 0 Å². The largest absolute Gasteiger partial charge is 0.486 e. The van der Waals surface area contributed by atoms with Gasteiger partial charge in [-0.2, -0.15) is 0 Å². The van der Waals surface area contributed by atoms with Gasteiger partial charge in [0.25, 0.3) is 5.91 Å². The smallest absolute Gasteiger partial charge is 0.325 e. The van der Waals surface area contributed by atoms with Crippen LogP contribution in [0.15, 0.2) is 72.8 Å². The minimum Gasteiger partial charge on any atom is -0.486 e. The summed E-state index contributed by atoms with van der Waals surface area (Å²) in [5.41, 5.74) is 2.80. The number of aryl methyl sites for hydroxylation is 1. The molecule has 0 unspecified atom stereocenters. The lowest BCUT2D eigenvalue weighted by Crippen LogP contribution is -2.38. The highest BCUT2D eigenvalue weighted by Gasteiger charge is 2.46. The summed E-state index contributed by atoms with van der Waals surface area (Å²) in [6.07, 6.45) is -0.769. The average molecular weight is 685 g/mol. The molecule has 0 saturated carbocycles. The summed E-state index contributed by atoms with van der Waals surface area (Å²) < 4.78 is 21.2. The third kappa shape index (κ3) is 5.90. The van der Waals surface area contributed by atoms with Gasteiger partial charge in [-0.3, -0.25) is 9.69 Å². The summed E-state index contributed by atoms with van der Waals surface area (Å²) >= 11 is 2.05. The molecule has 1 aliphatic heterocycles. The number of hydrogen-bond donors (Lipinski definition) is 4. The van der Waals surface area contributed by atoms with E-state index in [4.69, 9.17) is 9.72 Å². The van der Waals surface area contributed by atoms with Crippen LogP contribution in [0.2, 0.25) is 0 Å². The van der Waals surface area contributed by atoms with Gasteiger partial charge in [0.1, 0.15) is 35.6 Å². The molecule has 0 bridgehead atoms. The zero-order valence-corrected chi connectivity index (χ0v) is 25.1. The highest BCUT2D eigenvalue weighted by Crippen LogP contribution is 2.40. The SMILES string of the molecule is Cc1nc([C@H]([C@@H](C)c2ccccc2)N2C(=O)N[C@H](c3ccc(OC(CO)CO)cc3)C2=O)[nH]c1-c1ccc(I)cc1F. The number of nitrogens with zero attached hydrogens (tertiary/aromatic N) is 2. The number of aliphatic hydroxyl groups excluding tert-OH is 2. The molecule has 1 aliphatic rings. The second kappa shape index (κ2) is 12.6. The van der Waals surface area contributed by atoms with Crippen molar-refractivity contribution in [1.82, 2.24) is 20.2 Å². The van der Waals surface area contributed by atoms with E-state index < -0.39 is 35.9 Å². The Kier molecular flexibility index (Phi) is 8.90. The number of imide groups is 1. The van der Waals surface area contributed by atoms with Gasteiger partial charge in [0, 0.05) is 15.1 Å². The van der Waals surface area contributed by atoms with E-state index in [9.17, 15) is 24.2 Å². The Labute approximate surface area is 255 Å². The maximum atomic E-state index is 14.9. The molecule has 1 aromatic heterocycles. The van der Waals surface area contributed by atoms with Crippen LogP contribution in [0.4, 0.5) is 9.18 Å². The van der Waals surface area contributed by atoms with E-state index in [1.54, 1.807) is 43.3 Å². The molecule has 1 saturated heterocycles. The van der Waals surface area contributed by atoms with Crippen molar-refractivity contribution in [3.05, 3.63) is 105 Å². The van der Waals surface area contributed by atoms with Crippen molar-refractivity contribution in [2.45, 2.75) is 38.0 Å². The van der Waals surface area contributed by atoms with Crippen molar-refractivity contribution in [2.75, 3.05) is 13.2 Å². The van der Waals surface area contributed by atoms with Gasteiger partial charge in [-0.05, 0) is 71.0 Å². The number of hydrogen-bond acceptors (Lipinski definition) is 6. The highest BCUT2D eigenvalue weighted by molar-refractivity contribution is 14.1. The molecule has 3 aromatic carbocycles. The molecule has 0 aliphatic carbocycles. The van der Waals surface area contributed by atoms with Crippen molar-refractivity contribution in [2.24, 2.45) is 0 Å². The topological polar surface area (TPSA) is 128 Å². The van der Waals surface area contributed by atoms with Crippen LogP contribution < -0.4 is 10.1 Å². The standard InChI is InChI=1S/C31H30FIN4O5/c1-17(19-6-4-3-5-7-19)28(29-34-18(2)26(35-29)24-13-10-21(33)14-25(24)32)37-30(40)27(36-31(37)41)20-8-11-22(12-9-20)42-23(15-38)16-39/h3-14,17,23,27-28,38-39H,15-16H2,1-2H3,(H,34,35)(H,36,41)/t17-,27+,28-/m0/s1. The predicted octanol–water partition coefficient (Wildman–Crippen LogP) is 5.00. The predicted molar refractivity (Wildman–Crippen MR) is 162 cm³/mol. The fourth-order valence-electron chi connectivity index (χ4n) is 5.15. The van der Waals surface area contributed by atoms with Crippen LogP contribution in [0.25, 0.3) is 11.3 Å². The number of aromatic amines is 1. The molecule has 4 aromatic rings. The van der Waals surface area contributed by atoms with Crippen molar-refractivity contribution < 1.29 is 28.9 Å². The Morgan fingerprint density at radius 3 is 2.38 bits per heavy atom. The van der Waals surface area contributed by atoms with E-state index in [2.05, 4.69) is 10.3 Å². The van der Waals surface area contributed by atoms with Crippen molar-refractivity contribution >= 4 is 34.5 Å². The zero-order chi connectivity index (χ0) is 30.0. The number of ether oxygens (including phenoxy) is 1. The first kappa shape index (κ1) is 29.7. The van der Waals surface area contributed by atoms with Crippen LogP contribution in [-0.4, -0.2) is 56.3 Å². The number of carbonyl (C=O) groups excluding carboxylic acids is 2. The summed E-state index contributed by atoms with van der Waals surface area (Å²) in [6, 6.07) is 18.6. The molecule has 3 atom stereocenters. The summed E-state index contributed by atoms with van der Waals surface area (Å²) in [7, 11) is 0. The Balaban J connectivity index is 1.51. The van der Waals surface area contributed by atoms with Gasteiger partial charge in [0.15, 0.2) is 0 Å². The zero-order valence-electron chi connectivity index (χ0n) is 22.9. The molecular formula is C31H30FIN4O5. The number of rotatable bonds is 10. The van der Waals surface area contributed by atoms with Crippen LogP contribution in [0.1, 0.15) is 47.6 Å². The van der Waals surface area contributed by atoms with Gasteiger partial charge in [-0.15, -0.1) is 0 Å². The van der Waals surface area contributed by atoms with E-state index in [-0.39, 0.29) is 19.1 Å². The van der Waals surface area contributed by atoms with Crippen LogP contribution in [0.3, 0.4) is 0 Å². The molecular weight excluding hydrogens is 654 g/mol. The lowest BCUT2D eigenvalue weighted by Gasteiger charge is -2.29. The lowest BCUT2D eigenvalue weighted by molar-refractivity contribution is -0.129. The maximum Gasteiger partial charge on any atom is 0.325 e. The Bertz CT molecular complexity index is 1580. The second-order valence-corrected chi connectivity index (χ2v) is 11.4. The molecule has 11 heteroatoms. The Hall–Kier alpha value is -3.81. The monoisotopic (exact) mass is 684 g/mol.